The minimum Gasteiger partial charge on any atom is -0.336 e. The Morgan fingerprint density at radius 2 is 2.18 bits per heavy atom. The number of carbonyl (C=O) groups is 2. The molecule has 0 unspecified atom stereocenters. The summed E-state index contributed by atoms with van der Waals surface area (Å²) in [6.45, 7) is 3.77. The maximum Gasteiger partial charge on any atom is 0.321 e. The SMILES string of the molecule is CC(C)NC(=O)Nc1nc2c(s1)C(=O)CCC2. The Kier molecular flexibility index (Phi) is 3.42. The molecule has 1 aromatic rings. The van der Waals surface area contributed by atoms with Crippen LogP contribution in [0.1, 0.15) is 42.1 Å². The molecule has 2 amide bonds. The molecule has 1 aliphatic carbocycles. The zero-order valence-corrected chi connectivity index (χ0v) is 10.7. The van der Waals surface area contributed by atoms with Gasteiger partial charge in [0.2, 0.25) is 0 Å². The van der Waals surface area contributed by atoms with Gasteiger partial charge in [0.15, 0.2) is 10.9 Å². The zero-order chi connectivity index (χ0) is 12.4. The summed E-state index contributed by atoms with van der Waals surface area (Å²) in [6, 6.07) is -0.204. The number of nitrogens with zero attached hydrogens (tertiary/aromatic N) is 1. The highest BCUT2D eigenvalue weighted by Gasteiger charge is 2.22. The molecule has 2 rings (SSSR count). The van der Waals surface area contributed by atoms with E-state index in [1.807, 2.05) is 13.8 Å². The Morgan fingerprint density at radius 1 is 1.41 bits per heavy atom. The summed E-state index contributed by atoms with van der Waals surface area (Å²) in [7, 11) is 0. The van der Waals surface area contributed by atoms with Crippen molar-refractivity contribution in [2.45, 2.75) is 39.2 Å². The van der Waals surface area contributed by atoms with E-state index in [1.54, 1.807) is 0 Å². The predicted molar refractivity (Wildman–Crippen MR) is 66.7 cm³/mol. The second-order valence-corrected chi connectivity index (χ2v) is 5.32. The number of aryl methyl sites for hydroxylation is 1. The highest BCUT2D eigenvalue weighted by molar-refractivity contribution is 7.17. The minimum absolute atomic E-state index is 0.0752. The van der Waals surface area contributed by atoms with Gasteiger partial charge in [-0.05, 0) is 26.7 Å². The number of amides is 2. The van der Waals surface area contributed by atoms with Gasteiger partial charge in [0, 0.05) is 12.5 Å². The van der Waals surface area contributed by atoms with E-state index in [9.17, 15) is 9.59 Å². The summed E-state index contributed by atoms with van der Waals surface area (Å²) in [4.78, 5) is 28.1. The minimum atomic E-state index is -0.279. The summed E-state index contributed by atoms with van der Waals surface area (Å²) in [5.41, 5.74) is 0.825. The monoisotopic (exact) mass is 253 g/mol. The van der Waals surface area contributed by atoms with E-state index in [0.717, 1.165) is 18.5 Å². The fourth-order valence-corrected chi connectivity index (χ4v) is 2.69. The average molecular weight is 253 g/mol. The number of hydrogen-bond acceptors (Lipinski definition) is 4. The van der Waals surface area contributed by atoms with Crippen LogP contribution in [0.4, 0.5) is 9.93 Å². The van der Waals surface area contributed by atoms with Crippen molar-refractivity contribution in [3.8, 4) is 0 Å². The van der Waals surface area contributed by atoms with E-state index in [-0.39, 0.29) is 17.9 Å². The van der Waals surface area contributed by atoms with E-state index < -0.39 is 0 Å². The van der Waals surface area contributed by atoms with Crippen LogP contribution >= 0.6 is 11.3 Å². The highest BCUT2D eigenvalue weighted by Crippen LogP contribution is 2.29. The third-order valence-electron chi connectivity index (χ3n) is 2.41. The fraction of sp³-hybridized carbons (Fsp3) is 0.545. The molecule has 1 aliphatic rings. The number of nitrogens with one attached hydrogen (secondary N) is 2. The molecule has 0 saturated heterocycles. The van der Waals surface area contributed by atoms with Gasteiger partial charge < -0.3 is 5.32 Å². The molecule has 2 N–H and O–H groups in total. The van der Waals surface area contributed by atoms with Crippen molar-refractivity contribution >= 4 is 28.3 Å². The van der Waals surface area contributed by atoms with Gasteiger partial charge in [-0.3, -0.25) is 10.1 Å². The van der Waals surface area contributed by atoms with Crippen LogP contribution in [0.5, 0.6) is 0 Å². The third kappa shape index (κ3) is 2.82. The van der Waals surface area contributed by atoms with Crippen molar-refractivity contribution in [3.05, 3.63) is 10.6 Å². The van der Waals surface area contributed by atoms with Gasteiger partial charge in [0.05, 0.1) is 10.6 Å². The van der Waals surface area contributed by atoms with Gasteiger partial charge in [-0.25, -0.2) is 9.78 Å². The molecule has 6 heteroatoms. The molecule has 5 nitrogen and oxygen atoms in total. The largest absolute Gasteiger partial charge is 0.336 e. The van der Waals surface area contributed by atoms with Gasteiger partial charge in [-0.15, -0.1) is 0 Å². The number of hydrogen-bond donors (Lipinski definition) is 2. The van der Waals surface area contributed by atoms with E-state index in [0.29, 0.717) is 16.4 Å². The molecule has 0 aliphatic heterocycles. The second kappa shape index (κ2) is 4.83. The molecule has 1 heterocycles. The maximum absolute atomic E-state index is 11.6. The third-order valence-corrected chi connectivity index (χ3v) is 3.46. The van der Waals surface area contributed by atoms with Crippen LogP contribution in [-0.2, 0) is 6.42 Å². The number of thiazole rings is 1. The lowest BCUT2D eigenvalue weighted by molar-refractivity contribution is 0.0976. The molecule has 92 valence electrons. The van der Waals surface area contributed by atoms with Crippen molar-refractivity contribution in [2.75, 3.05) is 5.32 Å². The Hall–Kier alpha value is -1.43. The number of anilines is 1. The smallest absolute Gasteiger partial charge is 0.321 e. The van der Waals surface area contributed by atoms with Gasteiger partial charge >= 0.3 is 6.03 Å². The van der Waals surface area contributed by atoms with Crippen LogP contribution in [0, 0.1) is 0 Å². The molecule has 1 aromatic heterocycles. The molecule has 0 fully saturated rings. The lowest BCUT2D eigenvalue weighted by atomic mass is 10.0. The number of carbonyl (C=O) groups excluding carboxylic acids is 2. The van der Waals surface area contributed by atoms with Crippen molar-refractivity contribution < 1.29 is 9.59 Å². The quantitative estimate of drug-likeness (QED) is 0.848. The van der Waals surface area contributed by atoms with Gasteiger partial charge in [-0.1, -0.05) is 11.3 Å². The molecule has 0 saturated carbocycles. The highest BCUT2D eigenvalue weighted by atomic mass is 32.1. The number of urea groups is 1. The van der Waals surface area contributed by atoms with Crippen LogP contribution in [0.25, 0.3) is 0 Å². The molecule has 0 aromatic carbocycles. The summed E-state index contributed by atoms with van der Waals surface area (Å²) in [5, 5.41) is 5.87. The zero-order valence-electron chi connectivity index (χ0n) is 9.87. The molecular weight excluding hydrogens is 238 g/mol. The summed E-state index contributed by atoms with van der Waals surface area (Å²) in [6.07, 6.45) is 2.27. The molecule has 0 atom stereocenters. The van der Waals surface area contributed by atoms with Crippen LogP contribution in [0.2, 0.25) is 0 Å². The molecular formula is C11H15N3O2S. The molecule has 0 bridgehead atoms. The van der Waals surface area contributed by atoms with E-state index in [2.05, 4.69) is 15.6 Å². The molecule has 0 radical (unpaired) electrons. The number of Topliss-reactive ketones (excluding diaryl/α,β-unsaturated/α-hetero) is 1. The molecule has 0 spiro atoms. The van der Waals surface area contributed by atoms with Crippen LogP contribution in [0.15, 0.2) is 0 Å². The van der Waals surface area contributed by atoms with Gasteiger partial charge in [0.1, 0.15) is 0 Å². The normalized spacial score (nSPS) is 14.6. The Balaban J connectivity index is 2.08. The first kappa shape index (κ1) is 12.0. The van der Waals surface area contributed by atoms with Crippen LogP contribution in [0.3, 0.4) is 0 Å². The second-order valence-electron chi connectivity index (χ2n) is 4.32. The van der Waals surface area contributed by atoms with Gasteiger partial charge in [-0.2, -0.15) is 0 Å². The van der Waals surface area contributed by atoms with Gasteiger partial charge in [0.25, 0.3) is 0 Å². The lowest BCUT2D eigenvalue weighted by Gasteiger charge is -2.07. The standard InChI is InChI=1S/C11H15N3O2S/c1-6(2)12-10(16)14-11-13-7-4-3-5-8(15)9(7)17-11/h6H,3-5H2,1-2H3,(H2,12,13,14,16). The lowest BCUT2D eigenvalue weighted by Crippen LogP contribution is -2.34. The fourth-order valence-electron chi connectivity index (χ4n) is 1.72. The first-order valence-corrected chi connectivity index (χ1v) is 6.48. The van der Waals surface area contributed by atoms with Crippen LogP contribution < -0.4 is 10.6 Å². The Morgan fingerprint density at radius 3 is 2.82 bits per heavy atom. The predicted octanol–water partition coefficient (Wildman–Crippen LogP) is 2.19. The summed E-state index contributed by atoms with van der Waals surface area (Å²) < 4.78 is 0. The average Bonchev–Trinajstić information content (AvgIpc) is 2.60. The topological polar surface area (TPSA) is 71.1 Å². The van der Waals surface area contributed by atoms with Crippen molar-refractivity contribution in [1.82, 2.24) is 10.3 Å². The first-order valence-electron chi connectivity index (χ1n) is 5.66. The van der Waals surface area contributed by atoms with Crippen LogP contribution in [-0.4, -0.2) is 22.8 Å². The van der Waals surface area contributed by atoms with Crippen molar-refractivity contribution in [2.24, 2.45) is 0 Å². The number of fused-ring (bicyclic) bond motifs is 1. The number of rotatable bonds is 2. The van der Waals surface area contributed by atoms with E-state index >= 15 is 0 Å². The number of aromatic nitrogens is 1. The Bertz CT molecular complexity index is 454. The number of ketones is 1. The van der Waals surface area contributed by atoms with E-state index in [4.69, 9.17) is 0 Å². The van der Waals surface area contributed by atoms with E-state index in [1.165, 1.54) is 11.3 Å². The molecule has 17 heavy (non-hydrogen) atoms. The Labute approximate surface area is 104 Å². The summed E-state index contributed by atoms with van der Waals surface area (Å²) in [5.74, 6) is 0.140. The van der Waals surface area contributed by atoms with Crippen molar-refractivity contribution in [3.63, 3.8) is 0 Å². The maximum atomic E-state index is 11.6. The first-order chi connectivity index (χ1) is 8.06. The van der Waals surface area contributed by atoms with Crippen molar-refractivity contribution in [1.29, 1.82) is 0 Å². The summed E-state index contributed by atoms with van der Waals surface area (Å²) >= 11 is 1.27.